The molecule has 0 bridgehead atoms. The summed E-state index contributed by atoms with van der Waals surface area (Å²) in [4.78, 5) is 5.15. The SMILES string of the molecule is CCNCc1ccc(CN(C)CCOC(C)C)s1. The van der Waals surface area contributed by atoms with Crippen LogP contribution < -0.4 is 5.32 Å². The average Bonchev–Trinajstić information content (AvgIpc) is 2.73. The highest BCUT2D eigenvalue weighted by Gasteiger charge is 2.04. The lowest BCUT2D eigenvalue weighted by Crippen LogP contribution is -2.23. The topological polar surface area (TPSA) is 24.5 Å². The molecule has 3 nitrogen and oxygen atoms in total. The lowest BCUT2D eigenvalue weighted by Gasteiger charge is -2.16. The zero-order chi connectivity index (χ0) is 13.4. The highest BCUT2D eigenvalue weighted by atomic mass is 32.1. The van der Waals surface area contributed by atoms with Gasteiger partial charge in [-0.15, -0.1) is 11.3 Å². The highest BCUT2D eigenvalue weighted by Crippen LogP contribution is 2.17. The van der Waals surface area contributed by atoms with Gasteiger partial charge < -0.3 is 10.1 Å². The minimum atomic E-state index is 0.326. The van der Waals surface area contributed by atoms with Crippen LogP contribution in [0.15, 0.2) is 12.1 Å². The van der Waals surface area contributed by atoms with Crippen LogP contribution in [-0.2, 0) is 17.8 Å². The van der Waals surface area contributed by atoms with Gasteiger partial charge in [-0.2, -0.15) is 0 Å². The number of hydrogen-bond acceptors (Lipinski definition) is 4. The summed E-state index contributed by atoms with van der Waals surface area (Å²) >= 11 is 1.90. The van der Waals surface area contributed by atoms with E-state index in [1.54, 1.807) is 0 Å². The number of hydrogen-bond donors (Lipinski definition) is 1. The van der Waals surface area contributed by atoms with Crippen LogP contribution in [0.1, 0.15) is 30.5 Å². The molecule has 0 amide bonds. The van der Waals surface area contributed by atoms with Crippen LogP contribution in [0.2, 0.25) is 0 Å². The number of nitrogens with zero attached hydrogens (tertiary/aromatic N) is 1. The van der Waals surface area contributed by atoms with E-state index in [2.05, 4.69) is 50.2 Å². The monoisotopic (exact) mass is 270 g/mol. The Morgan fingerprint density at radius 1 is 1.33 bits per heavy atom. The van der Waals surface area contributed by atoms with Crippen LogP contribution in [0.4, 0.5) is 0 Å². The van der Waals surface area contributed by atoms with Gasteiger partial charge in [-0.3, -0.25) is 4.90 Å². The fraction of sp³-hybridized carbons (Fsp3) is 0.714. The van der Waals surface area contributed by atoms with Crippen molar-refractivity contribution < 1.29 is 4.74 Å². The summed E-state index contributed by atoms with van der Waals surface area (Å²) in [6, 6.07) is 4.46. The van der Waals surface area contributed by atoms with Gasteiger partial charge in [0.05, 0.1) is 12.7 Å². The molecule has 1 rings (SSSR count). The largest absolute Gasteiger partial charge is 0.377 e. The van der Waals surface area contributed by atoms with Crippen molar-refractivity contribution in [1.29, 1.82) is 0 Å². The Labute approximate surface area is 115 Å². The lowest BCUT2D eigenvalue weighted by molar-refractivity contribution is 0.0628. The highest BCUT2D eigenvalue weighted by molar-refractivity contribution is 7.11. The van der Waals surface area contributed by atoms with Crippen LogP contribution in [0.25, 0.3) is 0 Å². The van der Waals surface area contributed by atoms with E-state index >= 15 is 0 Å². The van der Waals surface area contributed by atoms with Crippen LogP contribution in [0.3, 0.4) is 0 Å². The first-order valence-electron chi connectivity index (χ1n) is 6.70. The summed E-state index contributed by atoms with van der Waals surface area (Å²) in [5.41, 5.74) is 0. The molecule has 1 aromatic heterocycles. The molecule has 1 N–H and O–H groups in total. The van der Waals surface area contributed by atoms with Crippen molar-refractivity contribution >= 4 is 11.3 Å². The predicted molar refractivity (Wildman–Crippen MR) is 79.1 cm³/mol. The Morgan fingerprint density at radius 2 is 2.06 bits per heavy atom. The van der Waals surface area contributed by atoms with Gasteiger partial charge in [0.2, 0.25) is 0 Å². The summed E-state index contributed by atoms with van der Waals surface area (Å²) in [6.45, 7) is 11.1. The normalized spacial score (nSPS) is 11.7. The first-order valence-corrected chi connectivity index (χ1v) is 7.52. The fourth-order valence-corrected chi connectivity index (χ4v) is 2.71. The minimum Gasteiger partial charge on any atom is -0.377 e. The Balaban J connectivity index is 2.26. The molecule has 0 fully saturated rings. The van der Waals surface area contributed by atoms with Crippen molar-refractivity contribution in [2.75, 3.05) is 26.7 Å². The van der Waals surface area contributed by atoms with Gasteiger partial charge in [-0.05, 0) is 39.6 Å². The van der Waals surface area contributed by atoms with Gasteiger partial charge in [0.25, 0.3) is 0 Å². The Kier molecular flexibility index (Phi) is 7.51. The average molecular weight is 270 g/mol. The van der Waals surface area contributed by atoms with Crippen molar-refractivity contribution in [1.82, 2.24) is 10.2 Å². The third-order valence-electron chi connectivity index (χ3n) is 2.62. The quantitative estimate of drug-likeness (QED) is 0.747. The van der Waals surface area contributed by atoms with E-state index in [-0.39, 0.29) is 0 Å². The van der Waals surface area contributed by atoms with Gasteiger partial charge in [-0.1, -0.05) is 6.92 Å². The number of thiophene rings is 1. The number of rotatable bonds is 9. The van der Waals surface area contributed by atoms with Crippen molar-refractivity contribution in [3.8, 4) is 0 Å². The van der Waals surface area contributed by atoms with Crippen molar-refractivity contribution in [2.45, 2.75) is 40.0 Å². The maximum Gasteiger partial charge on any atom is 0.0596 e. The molecule has 0 saturated heterocycles. The molecule has 0 unspecified atom stereocenters. The van der Waals surface area contributed by atoms with E-state index in [1.165, 1.54) is 9.75 Å². The molecule has 0 saturated carbocycles. The fourth-order valence-electron chi connectivity index (χ4n) is 1.64. The maximum absolute atomic E-state index is 5.56. The first kappa shape index (κ1) is 15.6. The van der Waals surface area contributed by atoms with Gasteiger partial charge in [-0.25, -0.2) is 0 Å². The summed E-state index contributed by atoms with van der Waals surface area (Å²) in [5.74, 6) is 0. The Bertz CT molecular complexity index is 325. The number of ether oxygens (including phenoxy) is 1. The first-order chi connectivity index (χ1) is 8.61. The molecule has 104 valence electrons. The summed E-state index contributed by atoms with van der Waals surface area (Å²) in [6.07, 6.45) is 0.326. The van der Waals surface area contributed by atoms with Gasteiger partial charge in [0.15, 0.2) is 0 Å². The van der Waals surface area contributed by atoms with Crippen molar-refractivity contribution in [3.05, 3.63) is 21.9 Å². The zero-order valence-electron chi connectivity index (χ0n) is 12.0. The molecule has 0 aromatic carbocycles. The van der Waals surface area contributed by atoms with Crippen molar-refractivity contribution in [2.24, 2.45) is 0 Å². The summed E-state index contributed by atoms with van der Waals surface area (Å²) in [7, 11) is 2.15. The molecule has 4 heteroatoms. The van der Waals surface area contributed by atoms with Crippen molar-refractivity contribution in [3.63, 3.8) is 0 Å². The second-order valence-corrected chi connectivity index (χ2v) is 6.06. The van der Waals surface area contributed by atoms with Crippen LogP contribution in [-0.4, -0.2) is 37.7 Å². The zero-order valence-corrected chi connectivity index (χ0v) is 12.8. The van der Waals surface area contributed by atoms with Crippen LogP contribution in [0, 0.1) is 0 Å². The molecule has 0 spiro atoms. The Hall–Kier alpha value is -0.420. The minimum absolute atomic E-state index is 0.326. The second kappa shape index (κ2) is 8.64. The smallest absolute Gasteiger partial charge is 0.0596 e. The standard InChI is InChI=1S/C14H26N2OS/c1-5-15-10-13-6-7-14(18-13)11-16(4)8-9-17-12(2)3/h6-7,12,15H,5,8-11H2,1-4H3. The van der Waals surface area contributed by atoms with E-state index in [4.69, 9.17) is 4.74 Å². The van der Waals surface area contributed by atoms with Crippen LogP contribution in [0.5, 0.6) is 0 Å². The number of nitrogens with one attached hydrogen (secondary N) is 1. The Morgan fingerprint density at radius 3 is 2.72 bits per heavy atom. The van der Waals surface area contributed by atoms with E-state index in [1.807, 2.05) is 11.3 Å². The van der Waals surface area contributed by atoms with Crippen LogP contribution >= 0.6 is 11.3 Å². The van der Waals surface area contributed by atoms with E-state index < -0.39 is 0 Å². The van der Waals surface area contributed by atoms with E-state index in [0.717, 1.165) is 32.8 Å². The summed E-state index contributed by atoms with van der Waals surface area (Å²) < 4.78 is 5.56. The molecule has 1 aromatic rings. The molecular formula is C14H26N2OS. The second-order valence-electron chi connectivity index (χ2n) is 4.81. The molecule has 0 radical (unpaired) electrons. The molecule has 0 aliphatic rings. The molecular weight excluding hydrogens is 244 g/mol. The van der Waals surface area contributed by atoms with Gasteiger partial charge >= 0.3 is 0 Å². The molecule has 1 heterocycles. The lowest BCUT2D eigenvalue weighted by atomic mass is 10.4. The maximum atomic E-state index is 5.56. The molecule has 0 atom stereocenters. The van der Waals surface area contributed by atoms with Gasteiger partial charge in [0, 0.05) is 29.4 Å². The van der Waals surface area contributed by atoms with E-state index in [9.17, 15) is 0 Å². The number of likely N-dealkylation sites (N-methyl/N-ethyl adjacent to an activating group) is 1. The third-order valence-corrected chi connectivity index (χ3v) is 3.69. The van der Waals surface area contributed by atoms with Gasteiger partial charge in [0.1, 0.15) is 0 Å². The predicted octanol–water partition coefficient (Wildman–Crippen LogP) is 2.71. The molecule has 0 aliphatic carbocycles. The third kappa shape index (κ3) is 6.50. The molecule has 0 aliphatic heterocycles. The van der Waals surface area contributed by atoms with E-state index in [0.29, 0.717) is 6.10 Å². The summed E-state index contributed by atoms with van der Waals surface area (Å²) in [5, 5.41) is 3.35. The molecule has 18 heavy (non-hydrogen) atoms.